The van der Waals surface area contributed by atoms with Gasteiger partial charge in [0.2, 0.25) is 0 Å². The first kappa shape index (κ1) is 24.0. The average Bonchev–Trinajstić information content (AvgIpc) is 2.76. The van der Waals surface area contributed by atoms with E-state index < -0.39 is 0 Å². The molecule has 0 aliphatic heterocycles. The normalized spacial score (nSPS) is 13.1. The van der Waals surface area contributed by atoms with E-state index in [0.29, 0.717) is 30.4 Å². The van der Waals surface area contributed by atoms with Crippen LogP contribution in [0.15, 0.2) is 41.4 Å². The van der Waals surface area contributed by atoms with Gasteiger partial charge in [-0.1, -0.05) is 18.2 Å². The van der Waals surface area contributed by atoms with E-state index in [0.717, 1.165) is 30.4 Å². The first-order valence-electron chi connectivity index (χ1n) is 10.2. The fourth-order valence-corrected chi connectivity index (χ4v) is 3.82. The summed E-state index contributed by atoms with van der Waals surface area (Å²) in [5, 5.41) is 19.6. The lowest BCUT2D eigenvalue weighted by atomic mass is 9.88. The number of aromatic hydroxyl groups is 1. The van der Waals surface area contributed by atoms with Crippen LogP contribution >= 0.6 is 24.0 Å². The first-order valence-corrected chi connectivity index (χ1v) is 10.2. The predicted octanol–water partition coefficient (Wildman–Crippen LogP) is 3.16. The van der Waals surface area contributed by atoms with Crippen LogP contribution in [0.3, 0.4) is 0 Å². The molecule has 3 rings (SSSR count). The van der Waals surface area contributed by atoms with Crippen molar-refractivity contribution in [2.24, 2.45) is 4.99 Å². The van der Waals surface area contributed by atoms with Crippen molar-refractivity contribution < 1.29 is 9.90 Å². The molecule has 1 aliphatic carbocycles. The summed E-state index contributed by atoms with van der Waals surface area (Å²) in [6.45, 7) is 1.23. The predicted molar refractivity (Wildman–Crippen MR) is 132 cm³/mol. The van der Waals surface area contributed by atoms with Gasteiger partial charge in [-0.25, -0.2) is 0 Å². The number of amides is 1. The SMILES string of the molecule is CN=C(NCCc1cccc(C(=O)NC)c1)NCc1c(O)ccc2c1CCCC2.I. The van der Waals surface area contributed by atoms with E-state index in [-0.39, 0.29) is 29.9 Å². The van der Waals surface area contributed by atoms with Gasteiger partial charge in [0.15, 0.2) is 5.96 Å². The van der Waals surface area contributed by atoms with E-state index in [1.807, 2.05) is 30.3 Å². The molecular weight excluding hydrogens is 491 g/mol. The molecule has 0 unspecified atom stereocenters. The number of guanidine groups is 1. The minimum Gasteiger partial charge on any atom is -0.508 e. The number of rotatable bonds is 6. The maximum absolute atomic E-state index is 11.8. The van der Waals surface area contributed by atoms with Crippen LogP contribution in [0.25, 0.3) is 0 Å². The number of carbonyl (C=O) groups excluding carboxylic acids is 1. The van der Waals surface area contributed by atoms with E-state index in [4.69, 9.17) is 0 Å². The Bertz CT molecular complexity index is 899. The highest BCUT2D eigenvalue weighted by Crippen LogP contribution is 2.30. The van der Waals surface area contributed by atoms with Crippen molar-refractivity contribution in [3.8, 4) is 5.75 Å². The fraction of sp³-hybridized carbons (Fsp3) is 0.391. The highest BCUT2D eigenvalue weighted by atomic mass is 127. The van der Waals surface area contributed by atoms with Crippen molar-refractivity contribution in [2.75, 3.05) is 20.6 Å². The Morgan fingerprint density at radius 1 is 1.13 bits per heavy atom. The van der Waals surface area contributed by atoms with Crippen LogP contribution in [0, 0.1) is 0 Å². The van der Waals surface area contributed by atoms with Gasteiger partial charge < -0.3 is 21.1 Å². The van der Waals surface area contributed by atoms with Crippen LogP contribution in [0.5, 0.6) is 5.75 Å². The van der Waals surface area contributed by atoms with Crippen LogP contribution in [0.2, 0.25) is 0 Å². The Morgan fingerprint density at radius 3 is 2.70 bits per heavy atom. The summed E-state index contributed by atoms with van der Waals surface area (Å²) in [6.07, 6.45) is 5.28. The number of carbonyl (C=O) groups is 1. The standard InChI is InChI=1S/C23H30N4O2.HI/c1-24-22(29)18-8-5-6-16(14-18)12-13-26-23(25-2)27-15-20-19-9-4-3-7-17(19)10-11-21(20)28;/h5-6,8,10-11,14,28H,3-4,7,9,12-13,15H2,1-2H3,(H,24,29)(H2,25,26,27);1H. The quantitative estimate of drug-likeness (QED) is 0.267. The first-order chi connectivity index (χ1) is 14.1. The Hall–Kier alpha value is -2.29. The molecule has 0 radical (unpaired) electrons. The number of phenolic OH excluding ortho intramolecular Hbond substituents is 1. The second kappa shape index (κ2) is 11.8. The summed E-state index contributed by atoms with van der Waals surface area (Å²) in [4.78, 5) is 16.1. The molecule has 0 aromatic heterocycles. The number of hydrogen-bond donors (Lipinski definition) is 4. The average molecular weight is 522 g/mol. The molecule has 30 heavy (non-hydrogen) atoms. The number of nitrogens with one attached hydrogen (secondary N) is 3. The topological polar surface area (TPSA) is 85.8 Å². The minimum atomic E-state index is -0.0803. The molecule has 0 bridgehead atoms. The molecule has 7 heteroatoms. The number of phenols is 1. The lowest BCUT2D eigenvalue weighted by Crippen LogP contribution is -2.38. The third-order valence-electron chi connectivity index (χ3n) is 5.40. The zero-order chi connectivity index (χ0) is 20.6. The minimum absolute atomic E-state index is 0. The summed E-state index contributed by atoms with van der Waals surface area (Å²) < 4.78 is 0. The number of aryl methyl sites for hydroxylation is 1. The van der Waals surface area contributed by atoms with Crippen LogP contribution in [0.4, 0.5) is 0 Å². The number of nitrogens with zero attached hydrogens (tertiary/aromatic N) is 1. The van der Waals surface area contributed by atoms with E-state index in [9.17, 15) is 9.90 Å². The Balaban J connectivity index is 0.00000320. The summed E-state index contributed by atoms with van der Waals surface area (Å²) in [5.41, 5.74) is 5.36. The number of hydrogen-bond acceptors (Lipinski definition) is 3. The summed E-state index contributed by atoms with van der Waals surface area (Å²) in [5.74, 6) is 0.961. The van der Waals surface area contributed by atoms with Gasteiger partial charge >= 0.3 is 0 Å². The maximum atomic E-state index is 11.8. The third kappa shape index (κ3) is 6.10. The second-order valence-electron chi connectivity index (χ2n) is 7.29. The Kier molecular flexibility index (Phi) is 9.42. The zero-order valence-corrected chi connectivity index (χ0v) is 20.0. The van der Waals surface area contributed by atoms with E-state index in [1.54, 1.807) is 20.2 Å². The molecule has 0 spiro atoms. The molecule has 2 aromatic rings. The van der Waals surface area contributed by atoms with Crippen LogP contribution in [-0.4, -0.2) is 37.6 Å². The highest BCUT2D eigenvalue weighted by Gasteiger charge is 2.16. The molecule has 1 aliphatic rings. The summed E-state index contributed by atoms with van der Waals surface area (Å²) in [7, 11) is 3.37. The molecular formula is C23H31IN4O2. The van der Waals surface area contributed by atoms with Crippen molar-refractivity contribution in [1.29, 1.82) is 0 Å². The lowest BCUT2D eigenvalue weighted by Gasteiger charge is -2.21. The fourth-order valence-electron chi connectivity index (χ4n) is 3.82. The van der Waals surface area contributed by atoms with Gasteiger partial charge in [0.25, 0.3) is 5.91 Å². The van der Waals surface area contributed by atoms with E-state index >= 15 is 0 Å². The Morgan fingerprint density at radius 2 is 1.93 bits per heavy atom. The monoisotopic (exact) mass is 522 g/mol. The molecule has 0 saturated carbocycles. The number of aliphatic imine (C=N–C) groups is 1. The van der Waals surface area contributed by atoms with Gasteiger partial charge in [-0.15, -0.1) is 24.0 Å². The van der Waals surface area contributed by atoms with Gasteiger partial charge in [-0.05, 0) is 67.0 Å². The highest BCUT2D eigenvalue weighted by molar-refractivity contribution is 14.0. The van der Waals surface area contributed by atoms with Gasteiger partial charge in [0.05, 0.1) is 0 Å². The molecule has 2 aromatic carbocycles. The largest absolute Gasteiger partial charge is 0.508 e. The van der Waals surface area contributed by atoms with E-state index in [2.05, 4.69) is 20.9 Å². The number of benzene rings is 2. The zero-order valence-electron chi connectivity index (χ0n) is 17.6. The van der Waals surface area contributed by atoms with E-state index in [1.165, 1.54) is 24.0 Å². The van der Waals surface area contributed by atoms with Crippen LogP contribution in [-0.2, 0) is 25.8 Å². The van der Waals surface area contributed by atoms with Gasteiger partial charge in [0.1, 0.15) is 5.75 Å². The molecule has 4 N–H and O–H groups in total. The molecule has 0 heterocycles. The molecule has 0 atom stereocenters. The van der Waals surface area contributed by atoms with Crippen molar-refractivity contribution >= 4 is 35.8 Å². The molecule has 6 nitrogen and oxygen atoms in total. The number of fused-ring (bicyclic) bond motifs is 1. The van der Waals surface area contributed by atoms with Gasteiger partial charge in [-0.3, -0.25) is 9.79 Å². The maximum Gasteiger partial charge on any atom is 0.251 e. The second-order valence-corrected chi connectivity index (χ2v) is 7.29. The Labute approximate surface area is 195 Å². The van der Waals surface area contributed by atoms with Crippen molar-refractivity contribution in [1.82, 2.24) is 16.0 Å². The third-order valence-corrected chi connectivity index (χ3v) is 5.40. The molecule has 0 fully saturated rings. The summed E-state index contributed by atoms with van der Waals surface area (Å²) in [6, 6.07) is 11.5. The number of halogens is 1. The van der Waals surface area contributed by atoms with Crippen molar-refractivity contribution in [3.63, 3.8) is 0 Å². The van der Waals surface area contributed by atoms with Crippen molar-refractivity contribution in [3.05, 3.63) is 64.2 Å². The molecule has 1 amide bonds. The van der Waals surface area contributed by atoms with Crippen LogP contribution < -0.4 is 16.0 Å². The van der Waals surface area contributed by atoms with Gasteiger partial charge in [-0.2, -0.15) is 0 Å². The van der Waals surface area contributed by atoms with Crippen molar-refractivity contribution in [2.45, 2.75) is 38.6 Å². The smallest absolute Gasteiger partial charge is 0.251 e. The van der Waals surface area contributed by atoms with Crippen LogP contribution in [0.1, 0.15) is 45.5 Å². The lowest BCUT2D eigenvalue weighted by molar-refractivity contribution is 0.0963. The van der Waals surface area contributed by atoms with Gasteiger partial charge in [0, 0.05) is 38.3 Å². The molecule has 162 valence electrons. The summed E-state index contributed by atoms with van der Waals surface area (Å²) >= 11 is 0. The molecule has 0 saturated heterocycles.